The standard InChI is InChI=1S/C36H32N8O18S6/c37-34-32(20-33(66(52,53)54)35(38)36(34)44-40-24-3-1-22-18-26(6-2-21(22)17-24)64(47,48)16-14-62-68(58,59)60)43-42-30-11-12-31(29-19-27(65(49,50)51)9-10-28(29)30)41-39-23-4-7-25(8-5-23)63(45,46)15-13-61-67(55,56)57/h1-12,17-20H,13-16,37-38H2,(H,49,50,51)(H,52,53,54)(H,55,56,57)(H,58,59,60)/b41-39+,43-42+,44-40+. The fourth-order valence-corrected chi connectivity index (χ4v) is 10.1. The van der Waals surface area contributed by atoms with E-state index in [9.17, 15) is 59.6 Å². The van der Waals surface area contributed by atoms with Crippen molar-refractivity contribution in [2.45, 2.75) is 19.6 Å². The molecule has 8 N–H and O–H groups in total. The topological polar surface area (TPSA) is 430 Å². The Morgan fingerprint density at radius 3 is 1.50 bits per heavy atom. The molecule has 0 fully saturated rings. The third-order valence-corrected chi connectivity index (χ3v) is 15.2. The first-order chi connectivity index (χ1) is 31.5. The molecule has 6 aromatic rings. The first kappa shape index (κ1) is 51.1. The Labute approximate surface area is 386 Å². The summed E-state index contributed by atoms with van der Waals surface area (Å²) >= 11 is 0. The van der Waals surface area contributed by atoms with Gasteiger partial charge in [-0.05, 0) is 89.6 Å². The molecule has 0 atom stereocenters. The van der Waals surface area contributed by atoms with Crippen LogP contribution in [-0.2, 0) is 69.1 Å². The molecule has 6 aromatic carbocycles. The van der Waals surface area contributed by atoms with Gasteiger partial charge in [0.15, 0.2) is 19.7 Å². The van der Waals surface area contributed by atoms with Gasteiger partial charge in [-0.15, -0.1) is 20.5 Å². The minimum atomic E-state index is -5.08. The molecule has 0 aliphatic rings. The van der Waals surface area contributed by atoms with Gasteiger partial charge in [0.1, 0.15) is 16.3 Å². The molecule has 0 bridgehead atoms. The van der Waals surface area contributed by atoms with E-state index in [1.807, 2.05) is 0 Å². The van der Waals surface area contributed by atoms with E-state index in [-0.39, 0.29) is 49.0 Å². The maximum absolute atomic E-state index is 12.7. The molecule has 0 radical (unpaired) electrons. The largest absolute Gasteiger partial charge is 0.397 e. The van der Waals surface area contributed by atoms with Crippen LogP contribution in [0.25, 0.3) is 21.5 Å². The Balaban J connectivity index is 1.32. The van der Waals surface area contributed by atoms with E-state index in [1.165, 1.54) is 66.7 Å². The van der Waals surface area contributed by atoms with Crippen LogP contribution in [0.1, 0.15) is 0 Å². The molecule has 0 saturated carbocycles. The number of hydrogen-bond donors (Lipinski definition) is 6. The number of nitrogen functional groups attached to an aromatic ring is 2. The van der Waals surface area contributed by atoms with E-state index in [0.29, 0.717) is 10.8 Å². The van der Waals surface area contributed by atoms with Gasteiger partial charge in [-0.25, -0.2) is 25.2 Å². The van der Waals surface area contributed by atoms with Crippen LogP contribution in [0.15, 0.2) is 147 Å². The zero-order chi connectivity index (χ0) is 50.0. The highest BCUT2D eigenvalue weighted by atomic mass is 32.3. The van der Waals surface area contributed by atoms with E-state index in [0.717, 1.165) is 30.3 Å². The predicted octanol–water partition coefficient (Wildman–Crippen LogP) is 6.08. The lowest BCUT2D eigenvalue weighted by atomic mass is 10.1. The van der Waals surface area contributed by atoms with Crippen molar-refractivity contribution in [2.75, 3.05) is 36.2 Å². The third kappa shape index (κ3) is 12.8. The molecule has 6 rings (SSSR count). The second-order valence-electron chi connectivity index (χ2n) is 13.8. The van der Waals surface area contributed by atoms with Gasteiger partial charge < -0.3 is 11.5 Å². The number of benzene rings is 6. The average molecular weight is 1060 g/mol. The van der Waals surface area contributed by atoms with Crippen molar-refractivity contribution in [3.05, 3.63) is 97.1 Å². The molecular formula is C36H32N8O18S6. The molecule has 68 heavy (non-hydrogen) atoms. The Morgan fingerprint density at radius 1 is 0.426 bits per heavy atom. The third-order valence-electron chi connectivity index (χ3n) is 9.16. The van der Waals surface area contributed by atoms with Gasteiger partial charge in [0.25, 0.3) is 20.2 Å². The Kier molecular flexibility index (Phi) is 14.6. The van der Waals surface area contributed by atoms with Gasteiger partial charge >= 0.3 is 20.8 Å². The highest BCUT2D eigenvalue weighted by Gasteiger charge is 2.24. The number of rotatable bonds is 18. The first-order valence-electron chi connectivity index (χ1n) is 18.3. The predicted molar refractivity (Wildman–Crippen MR) is 241 cm³/mol. The summed E-state index contributed by atoms with van der Waals surface area (Å²) in [4.78, 5) is -1.89. The van der Waals surface area contributed by atoms with Gasteiger partial charge in [0.2, 0.25) is 0 Å². The van der Waals surface area contributed by atoms with Crippen LogP contribution in [-0.4, -0.2) is 93.4 Å². The van der Waals surface area contributed by atoms with Crippen molar-refractivity contribution in [3.8, 4) is 0 Å². The molecule has 32 heteroatoms. The lowest BCUT2D eigenvalue weighted by Crippen LogP contribution is -2.15. The van der Waals surface area contributed by atoms with Crippen molar-refractivity contribution < 1.29 is 77.1 Å². The summed E-state index contributed by atoms with van der Waals surface area (Å²) < 4.78 is 188. The average Bonchev–Trinajstić information content (AvgIpc) is 3.23. The van der Waals surface area contributed by atoms with Crippen molar-refractivity contribution in [1.29, 1.82) is 0 Å². The molecule has 0 aromatic heterocycles. The van der Waals surface area contributed by atoms with Crippen molar-refractivity contribution >= 4 is 128 Å². The van der Waals surface area contributed by atoms with Crippen LogP contribution < -0.4 is 11.5 Å². The summed E-state index contributed by atoms with van der Waals surface area (Å²) in [5, 5.41) is 25.5. The first-order valence-corrected chi connectivity index (χ1v) is 27.2. The SMILES string of the molecule is Nc1c(/N=N/c2ccc(/N=N/c3ccc(S(=O)(=O)CCOS(=O)(=O)O)cc3)c3cc(S(=O)(=O)O)ccc23)cc(S(=O)(=O)O)c(N)c1/N=N/c1ccc2cc(S(=O)(=O)CCOS(=O)(=O)O)ccc2c1. The van der Waals surface area contributed by atoms with Gasteiger partial charge in [0.05, 0.1) is 73.5 Å². The van der Waals surface area contributed by atoms with E-state index in [2.05, 4.69) is 39.1 Å². The summed E-state index contributed by atoms with van der Waals surface area (Å²) in [5.74, 6) is -1.56. The quantitative estimate of drug-likeness (QED) is 0.0322. The van der Waals surface area contributed by atoms with Crippen LogP contribution >= 0.6 is 0 Å². The molecule has 0 saturated heterocycles. The van der Waals surface area contributed by atoms with Crippen LogP contribution in [0.5, 0.6) is 0 Å². The summed E-state index contributed by atoms with van der Waals surface area (Å²) in [7, 11) is -27.7. The Morgan fingerprint density at radius 2 is 0.912 bits per heavy atom. The van der Waals surface area contributed by atoms with Crippen LogP contribution in [0.2, 0.25) is 0 Å². The maximum atomic E-state index is 12.7. The van der Waals surface area contributed by atoms with Crippen LogP contribution in [0, 0.1) is 0 Å². The van der Waals surface area contributed by atoms with Gasteiger partial charge in [-0.3, -0.25) is 18.2 Å². The maximum Gasteiger partial charge on any atom is 0.397 e. The van der Waals surface area contributed by atoms with E-state index in [4.69, 9.17) is 20.6 Å². The molecule has 26 nitrogen and oxygen atoms in total. The summed E-state index contributed by atoms with van der Waals surface area (Å²) in [6.45, 7) is -1.69. The minimum absolute atomic E-state index is 0.00472. The number of sulfone groups is 2. The zero-order valence-corrected chi connectivity index (χ0v) is 38.8. The molecule has 0 aliphatic carbocycles. The van der Waals surface area contributed by atoms with Crippen molar-refractivity contribution in [2.24, 2.45) is 30.7 Å². The second kappa shape index (κ2) is 19.4. The lowest BCUT2D eigenvalue weighted by molar-refractivity contribution is 0.282. The fourth-order valence-electron chi connectivity index (χ4n) is 5.95. The molecule has 0 heterocycles. The van der Waals surface area contributed by atoms with E-state index < -0.39 is 112 Å². The fraction of sp³-hybridized carbons (Fsp3) is 0.111. The minimum Gasteiger partial charge on any atom is -0.396 e. The van der Waals surface area contributed by atoms with Crippen molar-refractivity contribution in [3.63, 3.8) is 0 Å². The number of anilines is 2. The highest BCUT2D eigenvalue weighted by Crippen LogP contribution is 2.44. The summed E-state index contributed by atoms with van der Waals surface area (Å²) in [5.41, 5.74) is 10.7. The normalized spacial score (nSPS) is 13.4. The summed E-state index contributed by atoms with van der Waals surface area (Å²) in [6.07, 6.45) is 0. The number of nitrogens with two attached hydrogens (primary N) is 2. The molecule has 0 aliphatic heterocycles. The zero-order valence-electron chi connectivity index (χ0n) is 33.9. The second-order valence-corrected chi connectivity index (χ2v) is 23.0. The smallest absolute Gasteiger partial charge is 0.396 e. The number of hydrogen-bond acceptors (Lipinski definition) is 22. The number of azo groups is 3. The lowest BCUT2D eigenvalue weighted by Gasteiger charge is -2.11. The number of nitrogens with zero attached hydrogens (tertiary/aromatic N) is 6. The van der Waals surface area contributed by atoms with Gasteiger partial charge in [-0.1, -0.05) is 18.2 Å². The van der Waals surface area contributed by atoms with Gasteiger partial charge in [0, 0.05) is 10.8 Å². The molecule has 0 spiro atoms. The van der Waals surface area contributed by atoms with E-state index >= 15 is 0 Å². The Hall–Kier alpha value is -6.30. The highest BCUT2D eigenvalue weighted by molar-refractivity contribution is 7.91. The molecular weight excluding hydrogens is 1020 g/mol. The van der Waals surface area contributed by atoms with Crippen LogP contribution in [0.3, 0.4) is 0 Å². The monoisotopic (exact) mass is 1060 g/mol. The number of fused-ring (bicyclic) bond motifs is 2. The summed E-state index contributed by atoms with van der Waals surface area (Å²) in [6, 6.07) is 19.7. The molecule has 360 valence electrons. The van der Waals surface area contributed by atoms with E-state index in [1.54, 1.807) is 0 Å². The molecule has 0 amide bonds. The molecule has 0 unspecified atom stereocenters. The van der Waals surface area contributed by atoms with Crippen LogP contribution in [0.4, 0.5) is 45.5 Å². The van der Waals surface area contributed by atoms with Gasteiger partial charge in [-0.2, -0.15) is 43.9 Å². The van der Waals surface area contributed by atoms with Crippen molar-refractivity contribution in [1.82, 2.24) is 0 Å². The Bertz CT molecular complexity index is 3800.